The molecule has 2 aliphatic carbocycles. The Balaban J connectivity index is 1.17. The van der Waals surface area contributed by atoms with Crippen LogP contribution < -0.4 is 4.90 Å². The predicted octanol–water partition coefficient (Wildman–Crippen LogP) is 6.24. The number of carbonyl (C=O) groups is 4. The molecule has 1 aliphatic heterocycles. The Kier molecular flexibility index (Phi) is 6.31. The summed E-state index contributed by atoms with van der Waals surface area (Å²) in [4.78, 5) is 58.4. The molecule has 3 aromatic carbocycles. The highest BCUT2D eigenvalue weighted by molar-refractivity contribution is 9.10. The van der Waals surface area contributed by atoms with Gasteiger partial charge in [-0.3, -0.25) is 19.3 Å². The molecule has 2 bridgehead atoms. The molecule has 0 radical (unpaired) electrons. The molecule has 3 aliphatic rings. The number of ketones is 1. The Bertz CT molecular complexity index is 1710. The number of imide groups is 1. The highest BCUT2D eigenvalue weighted by atomic mass is 79.9. The van der Waals surface area contributed by atoms with Crippen LogP contribution in [-0.2, 0) is 14.3 Å². The van der Waals surface area contributed by atoms with Crippen molar-refractivity contribution < 1.29 is 23.9 Å². The Hall–Kier alpha value is -4.17. The second-order valence-electron chi connectivity index (χ2n) is 11.0. The number of rotatable bonds is 6. The normalized spacial score (nSPS) is 22.8. The topological polar surface area (TPSA) is 93.6 Å². The average Bonchev–Trinajstić information content (AvgIpc) is 3.69. The van der Waals surface area contributed by atoms with Crippen molar-refractivity contribution in [3.05, 3.63) is 94.5 Å². The SMILES string of the molecule is O=C(COC(=O)c1cc(-c2ccc(N3C(=O)C4C5CCC(C5)C4C3=O)cc2)nc2ccc(Br)cc12)c1ccccc1. The lowest BCUT2D eigenvalue weighted by atomic mass is 9.81. The van der Waals surface area contributed by atoms with E-state index >= 15 is 0 Å². The number of Topliss-reactive ketones (excluding diaryl/α,β-unsaturated/α-hetero) is 1. The first kappa shape index (κ1) is 25.8. The number of carbonyl (C=O) groups excluding carboxylic acids is 4. The molecule has 7 rings (SSSR count). The number of anilines is 1. The van der Waals surface area contributed by atoms with Crippen molar-refractivity contribution in [1.82, 2.24) is 4.98 Å². The smallest absolute Gasteiger partial charge is 0.339 e. The maximum absolute atomic E-state index is 13.2. The summed E-state index contributed by atoms with van der Waals surface area (Å²) in [5.41, 5.74) is 3.14. The van der Waals surface area contributed by atoms with E-state index in [1.807, 2.05) is 12.1 Å². The van der Waals surface area contributed by atoms with Crippen molar-refractivity contribution in [2.45, 2.75) is 19.3 Å². The van der Waals surface area contributed by atoms with Crippen molar-refractivity contribution in [2.75, 3.05) is 11.5 Å². The van der Waals surface area contributed by atoms with Gasteiger partial charge in [-0.15, -0.1) is 0 Å². The summed E-state index contributed by atoms with van der Waals surface area (Å²) in [6, 6.07) is 22.9. The van der Waals surface area contributed by atoms with Crippen molar-refractivity contribution in [3.63, 3.8) is 0 Å². The number of amides is 2. The molecule has 2 saturated carbocycles. The average molecular weight is 609 g/mol. The quantitative estimate of drug-likeness (QED) is 0.146. The summed E-state index contributed by atoms with van der Waals surface area (Å²) in [6.45, 7) is -0.383. The van der Waals surface area contributed by atoms with Gasteiger partial charge in [0.05, 0.1) is 34.3 Å². The van der Waals surface area contributed by atoms with Crippen molar-refractivity contribution in [1.29, 1.82) is 0 Å². The van der Waals surface area contributed by atoms with Crippen LogP contribution in [0.15, 0.2) is 83.3 Å². The van der Waals surface area contributed by atoms with E-state index in [1.54, 1.807) is 66.7 Å². The number of esters is 1. The summed E-state index contributed by atoms with van der Waals surface area (Å²) < 4.78 is 6.21. The molecular weight excluding hydrogens is 584 g/mol. The van der Waals surface area contributed by atoms with E-state index in [0.29, 0.717) is 45.2 Å². The largest absolute Gasteiger partial charge is 0.454 e. The molecule has 41 heavy (non-hydrogen) atoms. The van der Waals surface area contributed by atoms with Gasteiger partial charge < -0.3 is 4.74 Å². The third kappa shape index (κ3) is 4.37. The van der Waals surface area contributed by atoms with Crippen LogP contribution in [0.4, 0.5) is 5.69 Å². The van der Waals surface area contributed by atoms with Gasteiger partial charge in [0, 0.05) is 21.0 Å². The summed E-state index contributed by atoms with van der Waals surface area (Å²) in [5.74, 6) is -0.782. The fourth-order valence-corrected chi connectivity index (χ4v) is 7.24. The van der Waals surface area contributed by atoms with E-state index in [9.17, 15) is 19.2 Å². The molecule has 0 spiro atoms. The second kappa shape index (κ2) is 10.0. The monoisotopic (exact) mass is 608 g/mol. The molecule has 0 N–H and O–H groups in total. The van der Waals surface area contributed by atoms with Gasteiger partial charge in [0.1, 0.15) is 0 Å². The van der Waals surface area contributed by atoms with Crippen molar-refractivity contribution in [2.24, 2.45) is 23.7 Å². The standard InChI is InChI=1S/C33H25BrN2O5/c34-22-10-13-26-24(15-22)25(33(40)41-17-28(37)19-4-2-1-3-5-19)16-27(35-26)18-8-11-23(12-9-18)36-31(38)29-20-6-7-21(14-20)30(29)32(36)39/h1-5,8-13,15-16,20-21,29-30H,6-7,14,17H2. The van der Waals surface area contributed by atoms with Gasteiger partial charge in [0.2, 0.25) is 11.8 Å². The highest BCUT2D eigenvalue weighted by Gasteiger charge is 2.61. The zero-order chi connectivity index (χ0) is 28.2. The Labute approximate surface area is 244 Å². The highest BCUT2D eigenvalue weighted by Crippen LogP contribution is 2.56. The number of ether oxygens (including phenoxy) is 1. The lowest BCUT2D eigenvalue weighted by Crippen LogP contribution is -2.32. The molecule has 4 atom stereocenters. The summed E-state index contributed by atoms with van der Waals surface area (Å²) in [7, 11) is 0. The molecule has 8 heteroatoms. The van der Waals surface area contributed by atoms with Crippen molar-refractivity contribution in [3.8, 4) is 11.3 Å². The van der Waals surface area contributed by atoms with Crippen LogP contribution in [0, 0.1) is 23.7 Å². The number of hydrogen-bond acceptors (Lipinski definition) is 6. The first-order chi connectivity index (χ1) is 19.9. The first-order valence-corrected chi connectivity index (χ1v) is 14.5. The van der Waals surface area contributed by atoms with Gasteiger partial charge in [0.25, 0.3) is 0 Å². The fourth-order valence-electron chi connectivity index (χ4n) is 6.88. The minimum Gasteiger partial charge on any atom is -0.454 e. The number of benzene rings is 3. The number of pyridine rings is 1. The fraction of sp³-hybridized carbons (Fsp3) is 0.242. The van der Waals surface area contributed by atoms with E-state index in [4.69, 9.17) is 9.72 Å². The lowest BCUT2D eigenvalue weighted by molar-refractivity contribution is -0.123. The molecule has 204 valence electrons. The minimum atomic E-state index is -0.632. The van der Waals surface area contributed by atoms with Crippen LogP contribution >= 0.6 is 15.9 Å². The summed E-state index contributed by atoms with van der Waals surface area (Å²) in [5, 5.41) is 0.589. The third-order valence-corrected chi connectivity index (χ3v) is 9.26. The number of hydrogen-bond donors (Lipinski definition) is 0. The molecule has 2 heterocycles. The Morgan fingerprint density at radius 3 is 2.24 bits per heavy atom. The molecule has 1 aromatic heterocycles. The first-order valence-electron chi connectivity index (χ1n) is 13.7. The van der Waals surface area contributed by atoms with E-state index in [2.05, 4.69) is 15.9 Å². The number of fused-ring (bicyclic) bond motifs is 6. The van der Waals surface area contributed by atoms with Crippen LogP contribution in [0.5, 0.6) is 0 Å². The molecule has 4 unspecified atom stereocenters. The summed E-state index contributed by atoms with van der Waals surface area (Å²) >= 11 is 3.46. The van der Waals surface area contributed by atoms with E-state index in [0.717, 1.165) is 23.7 Å². The van der Waals surface area contributed by atoms with Gasteiger partial charge >= 0.3 is 5.97 Å². The van der Waals surface area contributed by atoms with Gasteiger partial charge in [-0.05, 0) is 67.5 Å². The van der Waals surface area contributed by atoms with Gasteiger partial charge in [0.15, 0.2) is 12.4 Å². The Morgan fingerprint density at radius 1 is 0.878 bits per heavy atom. The number of aromatic nitrogens is 1. The number of halogens is 1. The van der Waals surface area contributed by atoms with Crippen LogP contribution in [0.3, 0.4) is 0 Å². The zero-order valence-electron chi connectivity index (χ0n) is 22.0. The molecular formula is C33H25BrN2O5. The maximum atomic E-state index is 13.2. The van der Waals surface area contributed by atoms with E-state index in [-0.39, 0.29) is 41.6 Å². The molecule has 2 amide bonds. The van der Waals surface area contributed by atoms with Crippen LogP contribution in [-0.4, -0.2) is 35.2 Å². The third-order valence-electron chi connectivity index (χ3n) is 8.77. The lowest BCUT2D eigenvalue weighted by Gasteiger charge is -2.19. The van der Waals surface area contributed by atoms with Crippen molar-refractivity contribution >= 4 is 56.1 Å². The van der Waals surface area contributed by atoms with Gasteiger partial charge in [-0.2, -0.15) is 0 Å². The van der Waals surface area contributed by atoms with Crippen LogP contribution in [0.25, 0.3) is 22.2 Å². The number of nitrogens with zero attached hydrogens (tertiary/aromatic N) is 2. The van der Waals surface area contributed by atoms with E-state index in [1.165, 1.54) is 4.90 Å². The van der Waals surface area contributed by atoms with Gasteiger partial charge in [-0.25, -0.2) is 9.78 Å². The minimum absolute atomic E-state index is 0.0792. The molecule has 7 nitrogen and oxygen atoms in total. The molecule has 3 fully saturated rings. The molecule has 4 aromatic rings. The second-order valence-corrected chi connectivity index (χ2v) is 11.9. The predicted molar refractivity (Wildman–Crippen MR) is 156 cm³/mol. The Morgan fingerprint density at radius 2 is 1.56 bits per heavy atom. The van der Waals surface area contributed by atoms with Crippen LogP contribution in [0.1, 0.15) is 40.0 Å². The maximum Gasteiger partial charge on any atom is 0.339 e. The van der Waals surface area contributed by atoms with Gasteiger partial charge in [-0.1, -0.05) is 58.4 Å². The van der Waals surface area contributed by atoms with Crippen LogP contribution in [0.2, 0.25) is 0 Å². The summed E-state index contributed by atoms with van der Waals surface area (Å²) in [6.07, 6.45) is 3.06. The van der Waals surface area contributed by atoms with E-state index < -0.39 is 5.97 Å². The molecule has 1 saturated heterocycles. The zero-order valence-corrected chi connectivity index (χ0v) is 23.5.